The molecule has 0 saturated heterocycles. The molecule has 1 N–H and O–H groups in total. The lowest BCUT2D eigenvalue weighted by atomic mass is 9.98. The molecule has 0 aliphatic carbocycles. The van der Waals surface area contributed by atoms with Gasteiger partial charge < -0.3 is 10.0 Å². The Balaban J connectivity index is 2.39. The molecular formula is C12H17NO. The van der Waals surface area contributed by atoms with Crippen LogP contribution in [0.4, 0.5) is 5.69 Å². The second kappa shape index (κ2) is 3.62. The molecule has 1 aliphatic rings. The molecule has 0 radical (unpaired) electrons. The first kappa shape index (κ1) is 9.53. The number of nitrogens with zero attached hydrogens (tertiary/aromatic N) is 1. The summed E-state index contributed by atoms with van der Waals surface area (Å²) >= 11 is 0. The minimum absolute atomic E-state index is 0.354. The number of aliphatic hydroxyl groups is 1. The standard InChI is InChI=1S/C12H17NO/c1-9(14)10-5-6-12-11(8-10)4-3-7-13(12)2/h5-6,8-9,14H,3-4,7H2,1-2H3. The summed E-state index contributed by atoms with van der Waals surface area (Å²) in [5.74, 6) is 0. The van der Waals surface area contributed by atoms with Gasteiger partial charge in [0.15, 0.2) is 0 Å². The zero-order valence-corrected chi connectivity index (χ0v) is 8.83. The van der Waals surface area contributed by atoms with E-state index < -0.39 is 0 Å². The normalized spacial score (nSPS) is 17.8. The molecule has 0 amide bonds. The average Bonchev–Trinajstić information content (AvgIpc) is 2.17. The molecule has 1 aromatic rings. The van der Waals surface area contributed by atoms with E-state index in [-0.39, 0.29) is 6.10 Å². The number of fused-ring (bicyclic) bond motifs is 1. The summed E-state index contributed by atoms with van der Waals surface area (Å²) in [7, 11) is 2.13. The third-order valence-electron chi connectivity index (χ3n) is 2.94. The first-order chi connectivity index (χ1) is 6.68. The van der Waals surface area contributed by atoms with Crippen molar-refractivity contribution in [2.24, 2.45) is 0 Å². The fourth-order valence-corrected chi connectivity index (χ4v) is 2.07. The van der Waals surface area contributed by atoms with E-state index in [4.69, 9.17) is 0 Å². The Labute approximate surface area is 85.2 Å². The van der Waals surface area contributed by atoms with E-state index in [9.17, 15) is 5.11 Å². The van der Waals surface area contributed by atoms with E-state index in [0.717, 1.165) is 18.5 Å². The molecule has 0 bridgehead atoms. The molecule has 1 aliphatic heterocycles. The van der Waals surface area contributed by atoms with E-state index in [2.05, 4.69) is 24.1 Å². The molecule has 1 heterocycles. The van der Waals surface area contributed by atoms with E-state index in [1.54, 1.807) is 0 Å². The Morgan fingerprint density at radius 1 is 1.43 bits per heavy atom. The zero-order valence-electron chi connectivity index (χ0n) is 8.83. The fraction of sp³-hybridized carbons (Fsp3) is 0.500. The summed E-state index contributed by atoms with van der Waals surface area (Å²) in [6.45, 7) is 2.95. The minimum atomic E-state index is -0.354. The van der Waals surface area contributed by atoms with Crippen molar-refractivity contribution < 1.29 is 5.11 Å². The van der Waals surface area contributed by atoms with Gasteiger partial charge in [0.2, 0.25) is 0 Å². The van der Waals surface area contributed by atoms with Gasteiger partial charge in [-0.15, -0.1) is 0 Å². The van der Waals surface area contributed by atoms with Gasteiger partial charge in [0.1, 0.15) is 0 Å². The number of hydrogen-bond donors (Lipinski definition) is 1. The summed E-state index contributed by atoms with van der Waals surface area (Å²) in [4.78, 5) is 2.28. The summed E-state index contributed by atoms with van der Waals surface area (Å²) in [6, 6.07) is 6.28. The summed E-state index contributed by atoms with van der Waals surface area (Å²) in [6.07, 6.45) is 2.00. The molecule has 2 heteroatoms. The van der Waals surface area contributed by atoms with Crippen LogP contribution in [-0.2, 0) is 6.42 Å². The van der Waals surface area contributed by atoms with Crippen LogP contribution >= 0.6 is 0 Å². The quantitative estimate of drug-likeness (QED) is 0.735. The van der Waals surface area contributed by atoms with Gasteiger partial charge in [-0.25, -0.2) is 0 Å². The smallest absolute Gasteiger partial charge is 0.0762 e. The van der Waals surface area contributed by atoms with Gasteiger partial charge in [0.05, 0.1) is 6.10 Å². The van der Waals surface area contributed by atoms with Gasteiger partial charge in [0, 0.05) is 19.3 Å². The largest absolute Gasteiger partial charge is 0.389 e. The molecule has 2 rings (SSSR count). The highest BCUT2D eigenvalue weighted by Crippen LogP contribution is 2.28. The van der Waals surface area contributed by atoms with Gasteiger partial charge >= 0.3 is 0 Å². The van der Waals surface area contributed by atoms with Crippen molar-refractivity contribution in [1.82, 2.24) is 0 Å². The second-order valence-corrected chi connectivity index (χ2v) is 4.09. The molecule has 1 unspecified atom stereocenters. The number of benzene rings is 1. The number of rotatable bonds is 1. The molecule has 0 fully saturated rings. The van der Waals surface area contributed by atoms with E-state index in [1.807, 2.05) is 13.0 Å². The third kappa shape index (κ3) is 1.62. The van der Waals surface area contributed by atoms with Crippen LogP contribution in [0.25, 0.3) is 0 Å². The Kier molecular flexibility index (Phi) is 2.46. The van der Waals surface area contributed by atoms with Crippen molar-refractivity contribution in [3.63, 3.8) is 0 Å². The van der Waals surface area contributed by atoms with E-state index >= 15 is 0 Å². The highest BCUT2D eigenvalue weighted by atomic mass is 16.3. The molecule has 1 aromatic carbocycles. The van der Waals surface area contributed by atoms with Gasteiger partial charge in [-0.3, -0.25) is 0 Å². The van der Waals surface area contributed by atoms with Crippen LogP contribution in [0, 0.1) is 0 Å². The molecule has 0 aromatic heterocycles. The average molecular weight is 191 g/mol. The Hall–Kier alpha value is -1.02. The van der Waals surface area contributed by atoms with Crippen LogP contribution in [0.3, 0.4) is 0 Å². The number of aliphatic hydroxyl groups excluding tert-OH is 1. The Morgan fingerprint density at radius 2 is 2.21 bits per heavy atom. The fourth-order valence-electron chi connectivity index (χ4n) is 2.07. The van der Waals surface area contributed by atoms with Crippen molar-refractivity contribution in [2.45, 2.75) is 25.9 Å². The van der Waals surface area contributed by atoms with Crippen LogP contribution < -0.4 is 4.90 Å². The van der Waals surface area contributed by atoms with Crippen molar-refractivity contribution in [3.8, 4) is 0 Å². The molecule has 14 heavy (non-hydrogen) atoms. The van der Waals surface area contributed by atoms with Crippen molar-refractivity contribution in [1.29, 1.82) is 0 Å². The summed E-state index contributed by atoms with van der Waals surface area (Å²) in [5, 5.41) is 9.48. The monoisotopic (exact) mass is 191 g/mol. The van der Waals surface area contributed by atoms with Crippen LogP contribution in [-0.4, -0.2) is 18.7 Å². The number of aryl methyl sites for hydroxylation is 1. The predicted molar refractivity (Wildman–Crippen MR) is 58.7 cm³/mol. The first-order valence-corrected chi connectivity index (χ1v) is 5.20. The van der Waals surface area contributed by atoms with Gasteiger partial charge in [0.25, 0.3) is 0 Å². The van der Waals surface area contributed by atoms with Crippen LogP contribution in [0.15, 0.2) is 18.2 Å². The maximum absolute atomic E-state index is 9.48. The van der Waals surface area contributed by atoms with Crippen molar-refractivity contribution in [2.75, 3.05) is 18.5 Å². The maximum atomic E-state index is 9.48. The highest BCUT2D eigenvalue weighted by molar-refractivity contribution is 5.56. The SMILES string of the molecule is CC(O)c1ccc2c(c1)CCCN2C. The lowest BCUT2D eigenvalue weighted by molar-refractivity contribution is 0.199. The molecule has 0 spiro atoms. The lowest BCUT2D eigenvalue weighted by Gasteiger charge is -2.28. The molecule has 2 nitrogen and oxygen atoms in total. The van der Waals surface area contributed by atoms with Crippen LogP contribution in [0.1, 0.15) is 30.6 Å². The zero-order chi connectivity index (χ0) is 10.1. The molecular weight excluding hydrogens is 174 g/mol. The molecule has 76 valence electrons. The Morgan fingerprint density at radius 3 is 2.93 bits per heavy atom. The van der Waals surface area contributed by atoms with E-state index in [1.165, 1.54) is 17.7 Å². The summed E-state index contributed by atoms with van der Waals surface area (Å²) in [5.41, 5.74) is 3.72. The van der Waals surface area contributed by atoms with E-state index in [0.29, 0.717) is 0 Å². The van der Waals surface area contributed by atoms with Crippen LogP contribution in [0.2, 0.25) is 0 Å². The topological polar surface area (TPSA) is 23.5 Å². The predicted octanol–water partition coefficient (Wildman–Crippen LogP) is 2.12. The maximum Gasteiger partial charge on any atom is 0.0762 e. The minimum Gasteiger partial charge on any atom is -0.389 e. The second-order valence-electron chi connectivity index (χ2n) is 4.09. The first-order valence-electron chi connectivity index (χ1n) is 5.20. The van der Waals surface area contributed by atoms with Gasteiger partial charge in [-0.1, -0.05) is 12.1 Å². The Bertz CT molecular complexity index is 333. The summed E-state index contributed by atoms with van der Waals surface area (Å²) < 4.78 is 0. The van der Waals surface area contributed by atoms with Gasteiger partial charge in [-0.05, 0) is 37.0 Å². The van der Waals surface area contributed by atoms with Crippen molar-refractivity contribution >= 4 is 5.69 Å². The number of hydrogen-bond acceptors (Lipinski definition) is 2. The highest BCUT2D eigenvalue weighted by Gasteiger charge is 2.14. The van der Waals surface area contributed by atoms with Crippen LogP contribution in [0.5, 0.6) is 0 Å². The van der Waals surface area contributed by atoms with Gasteiger partial charge in [-0.2, -0.15) is 0 Å². The molecule has 1 atom stereocenters. The third-order valence-corrected chi connectivity index (χ3v) is 2.94. The molecule has 0 saturated carbocycles. The lowest BCUT2D eigenvalue weighted by Crippen LogP contribution is -2.24. The van der Waals surface area contributed by atoms with Crippen molar-refractivity contribution in [3.05, 3.63) is 29.3 Å². The number of anilines is 1.